The molecule has 1 unspecified atom stereocenters. The van der Waals surface area contributed by atoms with Crippen LogP contribution < -0.4 is 5.32 Å². The molecule has 1 aliphatic heterocycles. The molecule has 12 heavy (non-hydrogen) atoms. The van der Waals surface area contributed by atoms with Crippen LogP contribution in [0.3, 0.4) is 0 Å². The van der Waals surface area contributed by atoms with Crippen LogP contribution in [0.25, 0.3) is 0 Å². The number of nitrogens with one attached hydrogen (secondary N) is 1. The third-order valence-corrected chi connectivity index (χ3v) is 2.46. The predicted molar refractivity (Wildman–Crippen MR) is 49.6 cm³/mol. The van der Waals surface area contributed by atoms with Crippen molar-refractivity contribution in [3.05, 3.63) is 23.8 Å². The summed E-state index contributed by atoms with van der Waals surface area (Å²) in [5.41, 5.74) is 2.41. The lowest BCUT2D eigenvalue weighted by Gasteiger charge is -2.23. The molecule has 2 heteroatoms. The monoisotopic (exact) mass is 163 g/mol. The molecule has 1 aromatic rings. The van der Waals surface area contributed by atoms with Crippen molar-refractivity contribution >= 4 is 5.69 Å². The van der Waals surface area contributed by atoms with E-state index in [-0.39, 0.29) is 0 Å². The summed E-state index contributed by atoms with van der Waals surface area (Å²) in [6, 6.07) is 5.52. The second-order valence-corrected chi connectivity index (χ2v) is 3.39. The number of anilines is 1. The molecule has 0 radical (unpaired) electrons. The van der Waals surface area contributed by atoms with Gasteiger partial charge in [-0.1, -0.05) is 6.92 Å². The summed E-state index contributed by atoms with van der Waals surface area (Å²) in [7, 11) is 0. The Morgan fingerprint density at radius 1 is 1.50 bits per heavy atom. The summed E-state index contributed by atoms with van der Waals surface area (Å²) in [6.45, 7) is 3.23. The molecular weight excluding hydrogens is 150 g/mol. The van der Waals surface area contributed by atoms with Gasteiger partial charge in [-0.3, -0.25) is 0 Å². The number of rotatable bonds is 0. The second-order valence-electron chi connectivity index (χ2n) is 3.39. The van der Waals surface area contributed by atoms with E-state index >= 15 is 0 Å². The summed E-state index contributed by atoms with van der Waals surface area (Å²) < 4.78 is 0. The van der Waals surface area contributed by atoms with Gasteiger partial charge in [0.15, 0.2) is 0 Å². The summed E-state index contributed by atoms with van der Waals surface area (Å²) >= 11 is 0. The van der Waals surface area contributed by atoms with Crippen LogP contribution in [0.5, 0.6) is 5.75 Å². The smallest absolute Gasteiger partial charge is 0.116 e. The molecule has 0 aliphatic carbocycles. The molecule has 2 N–H and O–H groups in total. The fourth-order valence-electron chi connectivity index (χ4n) is 1.70. The Kier molecular flexibility index (Phi) is 1.68. The largest absolute Gasteiger partial charge is 0.508 e. The van der Waals surface area contributed by atoms with Crippen LogP contribution in [0.15, 0.2) is 18.2 Å². The maximum Gasteiger partial charge on any atom is 0.116 e. The van der Waals surface area contributed by atoms with Crippen LogP contribution in [0.2, 0.25) is 0 Å². The minimum absolute atomic E-state index is 0.365. The predicted octanol–water partition coefficient (Wildman–Crippen LogP) is 2.31. The summed E-state index contributed by atoms with van der Waals surface area (Å²) in [6.07, 6.45) is 1.15. The van der Waals surface area contributed by atoms with Gasteiger partial charge in [-0.25, -0.2) is 0 Å². The molecule has 1 atom stereocenters. The van der Waals surface area contributed by atoms with Crippen LogP contribution in [0.4, 0.5) is 5.69 Å². The van der Waals surface area contributed by atoms with Crippen molar-refractivity contribution in [1.82, 2.24) is 0 Å². The van der Waals surface area contributed by atoms with E-state index in [9.17, 15) is 5.11 Å². The van der Waals surface area contributed by atoms with Crippen molar-refractivity contribution in [3.63, 3.8) is 0 Å². The van der Waals surface area contributed by atoms with E-state index in [2.05, 4.69) is 12.2 Å². The first-order valence-electron chi connectivity index (χ1n) is 4.34. The topological polar surface area (TPSA) is 32.3 Å². The highest BCUT2D eigenvalue weighted by Gasteiger charge is 2.15. The first kappa shape index (κ1) is 7.47. The van der Waals surface area contributed by atoms with Crippen molar-refractivity contribution in [1.29, 1.82) is 0 Å². The van der Waals surface area contributed by atoms with Crippen LogP contribution in [-0.4, -0.2) is 11.7 Å². The van der Waals surface area contributed by atoms with Crippen LogP contribution in [0.1, 0.15) is 24.8 Å². The molecule has 2 rings (SSSR count). The van der Waals surface area contributed by atoms with E-state index < -0.39 is 0 Å². The molecule has 64 valence electrons. The molecule has 0 amide bonds. The van der Waals surface area contributed by atoms with E-state index in [1.807, 2.05) is 12.1 Å². The van der Waals surface area contributed by atoms with E-state index in [0.29, 0.717) is 11.7 Å². The van der Waals surface area contributed by atoms with Gasteiger partial charge < -0.3 is 10.4 Å². The zero-order valence-electron chi connectivity index (χ0n) is 7.17. The van der Waals surface area contributed by atoms with Crippen LogP contribution in [-0.2, 0) is 0 Å². The van der Waals surface area contributed by atoms with Crippen molar-refractivity contribution in [2.45, 2.75) is 19.3 Å². The lowest BCUT2D eigenvalue weighted by atomic mass is 9.93. The molecule has 2 nitrogen and oxygen atoms in total. The molecule has 0 fully saturated rings. The molecular formula is C10H13NO. The fourth-order valence-corrected chi connectivity index (χ4v) is 1.70. The van der Waals surface area contributed by atoms with E-state index in [1.165, 1.54) is 11.3 Å². The van der Waals surface area contributed by atoms with E-state index in [1.54, 1.807) is 6.07 Å². The van der Waals surface area contributed by atoms with Crippen molar-refractivity contribution < 1.29 is 5.11 Å². The van der Waals surface area contributed by atoms with Crippen LogP contribution in [0, 0.1) is 0 Å². The zero-order chi connectivity index (χ0) is 8.55. The highest BCUT2D eigenvalue weighted by molar-refractivity contribution is 5.57. The highest BCUT2D eigenvalue weighted by Crippen LogP contribution is 2.33. The highest BCUT2D eigenvalue weighted by atomic mass is 16.3. The third-order valence-electron chi connectivity index (χ3n) is 2.46. The summed E-state index contributed by atoms with van der Waals surface area (Å²) in [4.78, 5) is 0. The van der Waals surface area contributed by atoms with Gasteiger partial charge in [-0.2, -0.15) is 0 Å². The van der Waals surface area contributed by atoms with Gasteiger partial charge in [-0.15, -0.1) is 0 Å². The normalized spacial score (nSPS) is 21.2. The third kappa shape index (κ3) is 1.13. The molecule has 1 aromatic carbocycles. The van der Waals surface area contributed by atoms with Gasteiger partial charge in [0.1, 0.15) is 5.75 Å². The maximum absolute atomic E-state index is 9.28. The summed E-state index contributed by atoms with van der Waals surface area (Å²) in [5, 5.41) is 12.6. The number of phenolic OH excluding ortho intramolecular Hbond substituents is 1. The fraction of sp³-hybridized carbons (Fsp3) is 0.400. The average molecular weight is 163 g/mol. The Hall–Kier alpha value is -1.18. The molecule has 0 bridgehead atoms. The van der Waals surface area contributed by atoms with Crippen LogP contribution >= 0.6 is 0 Å². The Labute approximate surface area is 72.2 Å². The molecule has 0 saturated carbocycles. The molecule has 1 aliphatic rings. The van der Waals surface area contributed by atoms with E-state index in [0.717, 1.165) is 13.0 Å². The average Bonchev–Trinajstić information content (AvgIpc) is 2.07. The number of benzene rings is 1. The standard InChI is InChI=1S/C10H13NO/c1-7-4-5-11-10-3-2-8(12)6-9(7)10/h2-3,6-7,11-12H,4-5H2,1H3. The van der Waals surface area contributed by atoms with Gasteiger partial charge in [0, 0.05) is 12.2 Å². The quantitative estimate of drug-likeness (QED) is 0.575. The van der Waals surface area contributed by atoms with Gasteiger partial charge in [-0.05, 0) is 36.1 Å². The van der Waals surface area contributed by atoms with Gasteiger partial charge in [0.2, 0.25) is 0 Å². The minimum Gasteiger partial charge on any atom is -0.508 e. The Bertz CT molecular complexity index is 296. The Morgan fingerprint density at radius 3 is 3.17 bits per heavy atom. The number of fused-ring (bicyclic) bond motifs is 1. The SMILES string of the molecule is CC1CCNc2ccc(O)cc21. The Balaban J connectivity index is 2.47. The zero-order valence-corrected chi connectivity index (χ0v) is 7.17. The minimum atomic E-state index is 0.365. The maximum atomic E-state index is 9.28. The van der Waals surface area contributed by atoms with Gasteiger partial charge >= 0.3 is 0 Å². The first-order chi connectivity index (χ1) is 5.77. The molecule has 0 spiro atoms. The van der Waals surface area contributed by atoms with Crippen molar-refractivity contribution in [2.24, 2.45) is 0 Å². The number of hydrogen-bond acceptors (Lipinski definition) is 2. The van der Waals surface area contributed by atoms with Gasteiger partial charge in [0.25, 0.3) is 0 Å². The lowest BCUT2D eigenvalue weighted by molar-refractivity contribution is 0.473. The van der Waals surface area contributed by atoms with Crippen molar-refractivity contribution in [2.75, 3.05) is 11.9 Å². The molecule has 0 aromatic heterocycles. The van der Waals surface area contributed by atoms with E-state index in [4.69, 9.17) is 0 Å². The lowest BCUT2D eigenvalue weighted by Crippen LogP contribution is -2.14. The second kappa shape index (κ2) is 2.70. The number of aromatic hydroxyl groups is 1. The summed E-state index contributed by atoms with van der Waals surface area (Å²) in [5.74, 6) is 0.928. The number of phenols is 1. The Morgan fingerprint density at radius 2 is 2.33 bits per heavy atom. The molecule has 1 heterocycles. The number of hydrogen-bond donors (Lipinski definition) is 2. The molecule has 0 saturated heterocycles. The van der Waals surface area contributed by atoms with Crippen molar-refractivity contribution in [3.8, 4) is 5.75 Å². The van der Waals surface area contributed by atoms with Gasteiger partial charge in [0.05, 0.1) is 0 Å². The first-order valence-corrected chi connectivity index (χ1v) is 4.34.